The van der Waals surface area contributed by atoms with Crippen LogP contribution in [0.4, 0.5) is 0 Å². The van der Waals surface area contributed by atoms with Gasteiger partial charge in [-0.1, -0.05) is 6.07 Å². The number of pyridine rings is 2. The molecule has 1 amide bonds. The lowest BCUT2D eigenvalue weighted by atomic mass is 10.2. The standard InChI is InChI=1S/C20H21N3O5/c1-26-20(25)15-10-17(12-21-11-15)28-14-18-13-23(8-9-27-18)19(24)6-5-16-4-2-3-7-22-16/h2-7,10-12,18H,8-9,13-14H2,1H3. The summed E-state index contributed by atoms with van der Waals surface area (Å²) in [5.74, 6) is -0.151. The second-order valence-electron chi connectivity index (χ2n) is 6.08. The minimum Gasteiger partial charge on any atom is -0.489 e. The lowest BCUT2D eigenvalue weighted by Crippen LogP contribution is -2.47. The summed E-state index contributed by atoms with van der Waals surface area (Å²) in [4.78, 5) is 33.8. The molecule has 3 heterocycles. The molecule has 8 heteroatoms. The van der Waals surface area contributed by atoms with E-state index in [1.165, 1.54) is 25.6 Å². The molecule has 0 aromatic carbocycles. The van der Waals surface area contributed by atoms with E-state index in [0.717, 1.165) is 5.69 Å². The normalized spacial score (nSPS) is 16.8. The Bertz CT molecular complexity index is 841. The summed E-state index contributed by atoms with van der Waals surface area (Å²) in [5, 5.41) is 0. The molecule has 1 unspecified atom stereocenters. The van der Waals surface area contributed by atoms with Crippen LogP contribution in [0, 0.1) is 0 Å². The molecule has 1 fully saturated rings. The SMILES string of the molecule is COC(=O)c1cncc(OCC2CN(C(=O)C=Cc3ccccn3)CCO2)c1. The average molecular weight is 383 g/mol. The highest BCUT2D eigenvalue weighted by molar-refractivity contribution is 5.91. The van der Waals surface area contributed by atoms with Gasteiger partial charge in [0, 0.05) is 25.0 Å². The number of methoxy groups -OCH3 is 1. The van der Waals surface area contributed by atoms with Crippen LogP contribution in [-0.4, -0.2) is 66.3 Å². The molecule has 2 aromatic heterocycles. The smallest absolute Gasteiger partial charge is 0.339 e. The van der Waals surface area contributed by atoms with E-state index in [0.29, 0.717) is 31.0 Å². The first kappa shape index (κ1) is 19.5. The molecule has 0 spiro atoms. The van der Waals surface area contributed by atoms with Gasteiger partial charge in [0.05, 0.1) is 37.7 Å². The van der Waals surface area contributed by atoms with E-state index in [4.69, 9.17) is 9.47 Å². The lowest BCUT2D eigenvalue weighted by Gasteiger charge is -2.32. The molecule has 146 valence electrons. The first-order valence-corrected chi connectivity index (χ1v) is 8.81. The summed E-state index contributed by atoms with van der Waals surface area (Å²) in [5.41, 5.74) is 1.03. The topological polar surface area (TPSA) is 90.9 Å². The lowest BCUT2D eigenvalue weighted by molar-refractivity contribution is -0.134. The molecule has 0 bridgehead atoms. The first-order chi connectivity index (χ1) is 13.7. The third-order valence-electron chi connectivity index (χ3n) is 4.11. The third-order valence-corrected chi connectivity index (χ3v) is 4.11. The predicted octanol–water partition coefficient (Wildman–Crippen LogP) is 1.58. The van der Waals surface area contributed by atoms with Gasteiger partial charge in [-0.2, -0.15) is 0 Å². The molecule has 1 aliphatic rings. The summed E-state index contributed by atoms with van der Waals surface area (Å²) >= 11 is 0. The number of amides is 1. The molecule has 28 heavy (non-hydrogen) atoms. The second kappa shape index (κ2) is 9.61. The number of carbonyl (C=O) groups excluding carboxylic acids is 2. The molecule has 8 nitrogen and oxygen atoms in total. The zero-order chi connectivity index (χ0) is 19.8. The molecule has 0 radical (unpaired) electrons. The molecule has 0 saturated carbocycles. The van der Waals surface area contributed by atoms with Crippen LogP contribution >= 0.6 is 0 Å². The molecule has 2 aromatic rings. The van der Waals surface area contributed by atoms with E-state index in [1.54, 1.807) is 23.2 Å². The van der Waals surface area contributed by atoms with Crippen LogP contribution in [0.25, 0.3) is 6.08 Å². The molecular weight excluding hydrogens is 362 g/mol. The van der Waals surface area contributed by atoms with Crippen LogP contribution < -0.4 is 4.74 Å². The van der Waals surface area contributed by atoms with Crippen molar-refractivity contribution in [2.45, 2.75) is 6.10 Å². The molecule has 0 N–H and O–H groups in total. The Balaban J connectivity index is 1.53. The summed E-state index contributed by atoms with van der Waals surface area (Å²) in [7, 11) is 1.31. The van der Waals surface area contributed by atoms with Crippen molar-refractivity contribution in [1.29, 1.82) is 0 Å². The van der Waals surface area contributed by atoms with E-state index in [2.05, 4.69) is 14.7 Å². The van der Waals surface area contributed by atoms with Crippen molar-refractivity contribution < 1.29 is 23.8 Å². The zero-order valence-corrected chi connectivity index (χ0v) is 15.5. The van der Waals surface area contributed by atoms with Crippen molar-refractivity contribution in [2.24, 2.45) is 0 Å². The number of hydrogen-bond acceptors (Lipinski definition) is 7. The van der Waals surface area contributed by atoms with Gasteiger partial charge in [-0.25, -0.2) is 4.79 Å². The molecule has 1 aliphatic heterocycles. The van der Waals surface area contributed by atoms with Crippen LogP contribution in [0.15, 0.2) is 48.9 Å². The van der Waals surface area contributed by atoms with E-state index >= 15 is 0 Å². The Morgan fingerprint density at radius 1 is 1.36 bits per heavy atom. The van der Waals surface area contributed by atoms with Gasteiger partial charge in [-0.3, -0.25) is 14.8 Å². The third kappa shape index (κ3) is 5.37. The Morgan fingerprint density at radius 3 is 3.04 bits per heavy atom. The van der Waals surface area contributed by atoms with Crippen LogP contribution in [-0.2, 0) is 14.3 Å². The molecule has 3 rings (SSSR count). The van der Waals surface area contributed by atoms with Crippen molar-refractivity contribution in [3.8, 4) is 5.75 Å². The Morgan fingerprint density at radius 2 is 2.25 bits per heavy atom. The van der Waals surface area contributed by atoms with Gasteiger partial charge >= 0.3 is 5.97 Å². The van der Waals surface area contributed by atoms with Crippen LogP contribution in [0.3, 0.4) is 0 Å². The van der Waals surface area contributed by atoms with Gasteiger partial charge in [-0.15, -0.1) is 0 Å². The number of esters is 1. The first-order valence-electron chi connectivity index (χ1n) is 8.81. The van der Waals surface area contributed by atoms with Gasteiger partial charge in [0.1, 0.15) is 18.5 Å². The van der Waals surface area contributed by atoms with Crippen LogP contribution in [0.2, 0.25) is 0 Å². The maximum absolute atomic E-state index is 12.4. The van der Waals surface area contributed by atoms with E-state index in [-0.39, 0.29) is 18.6 Å². The van der Waals surface area contributed by atoms with Crippen molar-refractivity contribution in [3.05, 3.63) is 60.2 Å². The number of hydrogen-bond donors (Lipinski definition) is 0. The molecule has 1 atom stereocenters. The fourth-order valence-corrected chi connectivity index (χ4v) is 2.67. The number of morpholine rings is 1. The van der Waals surface area contributed by atoms with Gasteiger partial charge in [0.15, 0.2) is 0 Å². The summed E-state index contributed by atoms with van der Waals surface area (Å²) in [6, 6.07) is 7.07. The van der Waals surface area contributed by atoms with Crippen LogP contribution in [0.5, 0.6) is 5.75 Å². The van der Waals surface area contributed by atoms with Gasteiger partial charge in [-0.05, 0) is 24.3 Å². The van der Waals surface area contributed by atoms with Gasteiger partial charge < -0.3 is 19.1 Å². The Hall–Kier alpha value is -3.26. The summed E-state index contributed by atoms with van der Waals surface area (Å²) < 4.78 is 16.0. The highest BCUT2D eigenvalue weighted by atomic mass is 16.5. The quantitative estimate of drug-likeness (QED) is 0.552. The highest BCUT2D eigenvalue weighted by Crippen LogP contribution is 2.14. The zero-order valence-electron chi connectivity index (χ0n) is 15.5. The minimum atomic E-state index is -0.483. The van der Waals surface area contributed by atoms with Crippen molar-refractivity contribution >= 4 is 18.0 Å². The van der Waals surface area contributed by atoms with Crippen molar-refractivity contribution in [3.63, 3.8) is 0 Å². The monoisotopic (exact) mass is 383 g/mol. The fraction of sp³-hybridized carbons (Fsp3) is 0.300. The van der Waals surface area contributed by atoms with Gasteiger partial charge in [0.2, 0.25) is 5.91 Å². The predicted molar refractivity (Wildman–Crippen MR) is 101 cm³/mol. The molecule has 0 aliphatic carbocycles. The number of carbonyl (C=O) groups is 2. The fourth-order valence-electron chi connectivity index (χ4n) is 2.67. The average Bonchev–Trinajstić information content (AvgIpc) is 2.76. The molecule has 1 saturated heterocycles. The molecular formula is C20H21N3O5. The van der Waals surface area contributed by atoms with E-state index < -0.39 is 5.97 Å². The maximum atomic E-state index is 12.4. The van der Waals surface area contributed by atoms with E-state index in [1.807, 2.05) is 18.2 Å². The number of rotatable bonds is 6. The minimum absolute atomic E-state index is 0.103. The van der Waals surface area contributed by atoms with Crippen molar-refractivity contribution in [1.82, 2.24) is 14.9 Å². The largest absolute Gasteiger partial charge is 0.489 e. The summed E-state index contributed by atoms with van der Waals surface area (Å²) in [6.45, 7) is 1.59. The number of aromatic nitrogens is 2. The number of ether oxygens (including phenoxy) is 3. The van der Waals surface area contributed by atoms with Gasteiger partial charge in [0.25, 0.3) is 0 Å². The highest BCUT2D eigenvalue weighted by Gasteiger charge is 2.23. The number of nitrogens with zero attached hydrogens (tertiary/aromatic N) is 3. The van der Waals surface area contributed by atoms with Crippen LogP contribution in [0.1, 0.15) is 16.1 Å². The van der Waals surface area contributed by atoms with Crippen molar-refractivity contribution in [2.75, 3.05) is 33.4 Å². The second-order valence-corrected chi connectivity index (χ2v) is 6.08. The Kier molecular flexibility index (Phi) is 6.69. The summed E-state index contributed by atoms with van der Waals surface area (Å²) in [6.07, 6.45) is 7.51. The Labute approximate surface area is 162 Å². The van der Waals surface area contributed by atoms with E-state index in [9.17, 15) is 9.59 Å². The maximum Gasteiger partial charge on any atom is 0.339 e.